The molecule has 0 bridgehead atoms. The van der Waals surface area contributed by atoms with Crippen molar-refractivity contribution in [3.63, 3.8) is 0 Å². The van der Waals surface area contributed by atoms with Crippen molar-refractivity contribution in [2.24, 2.45) is 5.73 Å². The zero-order valence-electron chi connectivity index (χ0n) is 23.1. The lowest BCUT2D eigenvalue weighted by Crippen LogP contribution is -2.57. The molecular formula is C27H40BN3O6. The van der Waals surface area contributed by atoms with Crippen molar-refractivity contribution < 1.29 is 28.4 Å². The van der Waals surface area contributed by atoms with E-state index < -0.39 is 47.5 Å². The van der Waals surface area contributed by atoms with Crippen molar-refractivity contribution in [2.45, 2.75) is 108 Å². The van der Waals surface area contributed by atoms with Crippen molar-refractivity contribution in [2.75, 3.05) is 6.54 Å². The van der Waals surface area contributed by atoms with Gasteiger partial charge >= 0.3 is 13.2 Å². The first kappa shape index (κ1) is 27.4. The third-order valence-electron chi connectivity index (χ3n) is 8.04. The molecule has 3 amide bonds. The first-order valence-corrected chi connectivity index (χ1v) is 13.1. The van der Waals surface area contributed by atoms with E-state index in [1.54, 1.807) is 20.8 Å². The van der Waals surface area contributed by atoms with Crippen molar-refractivity contribution in [1.82, 2.24) is 10.2 Å². The van der Waals surface area contributed by atoms with Crippen LogP contribution in [0, 0.1) is 0 Å². The van der Waals surface area contributed by atoms with Gasteiger partial charge in [-0.25, -0.2) is 4.79 Å². The number of nitrogens with two attached hydrogens (primary N) is 1. The van der Waals surface area contributed by atoms with Gasteiger partial charge in [-0.1, -0.05) is 24.3 Å². The van der Waals surface area contributed by atoms with E-state index in [0.29, 0.717) is 19.4 Å². The molecule has 2 heterocycles. The number of rotatable bonds is 5. The third kappa shape index (κ3) is 5.36. The highest BCUT2D eigenvalue weighted by Crippen LogP contribution is 2.51. The molecule has 3 aliphatic rings. The molecule has 202 valence electrons. The van der Waals surface area contributed by atoms with Gasteiger partial charge in [-0.05, 0) is 85.2 Å². The summed E-state index contributed by atoms with van der Waals surface area (Å²) in [5.74, 6) is -1.21. The van der Waals surface area contributed by atoms with Crippen molar-refractivity contribution in [3.05, 3.63) is 29.8 Å². The summed E-state index contributed by atoms with van der Waals surface area (Å²) in [6.45, 7) is 13.8. The summed E-state index contributed by atoms with van der Waals surface area (Å²) in [6, 6.07) is 7.00. The van der Waals surface area contributed by atoms with Crippen LogP contribution in [0.25, 0.3) is 0 Å². The maximum Gasteiger partial charge on any atom is 0.494 e. The minimum Gasteiger partial charge on any atom is -0.444 e. The monoisotopic (exact) mass is 513 g/mol. The first-order chi connectivity index (χ1) is 17.1. The summed E-state index contributed by atoms with van der Waals surface area (Å²) in [6.07, 6.45) is 1.99. The number of likely N-dealkylation sites (tertiary alicyclic amines) is 1. The second kappa shape index (κ2) is 9.31. The zero-order chi connectivity index (χ0) is 27.4. The normalized spacial score (nSPS) is 28.5. The zero-order valence-corrected chi connectivity index (χ0v) is 23.1. The Morgan fingerprint density at radius 2 is 1.65 bits per heavy atom. The topological polar surface area (TPSA) is 120 Å². The molecule has 3 fully saturated rings. The highest BCUT2D eigenvalue weighted by Gasteiger charge is 2.61. The Morgan fingerprint density at radius 1 is 1.05 bits per heavy atom. The van der Waals surface area contributed by atoms with Crippen LogP contribution in [0.5, 0.6) is 0 Å². The number of amides is 3. The average molecular weight is 513 g/mol. The number of nitrogens with zero attached hydrogens (tertiary/aromatic N) is 1. The molecule has 1 aromatic carbocycles. The highest BCUT2D eigenvalue weighted by atomic mass is 16.7. The van der Waals surface area contributed by atoms with Crippen LogP contribution in [0.15, 0.2) is 24.3 Å². The van der Waals surface area contributed by atoms with Crippen LogP contribution in [0.4, 0.5) is 4.79 Å². The smallest absolute Gasteiger partial charge is 0.444 e. The van der Waals surface area contributed by atoms with Gasteiger partial charge in [-0.3, -0.25) is 14.5 Å². The number of ether oxygens (including phenoxy) is 1. The lowest BCUT2D eigenvalue weighted by Gasteiger charge is -2.36. The van der Waals surface area contributed by atoms with Crippen LogP contribution in [0.1, 0.15) is 85.6 Å². The molecule has 3 atom stereocenters. The Labute approximate surface area is 219 Å². The molecule has 2 saturated heterocycles. The molecule has 37 heavy (non-hydrogen) atoms. The predicted octanol–water partition coefficient (Wildman–Crippen LogP) is 2.60. The Kier molecular flexibility index (Phi) is 6.91. The summed E-state index contributed by atoms with van der Waals surface area (Å²) in [7, 11) is -0.482. The average Bonchev–Trinajstić information content (AvgIpc) is 3.47. The Hall–Kier alpha value is -2.59. The molecule has 1 aliphatic carbocycles. The number of piperidine rings is 1. The van der Waals surface area contributed by atoms with Gasteiger partial charge < -0.3 is 25.1 Å². The number of nitrogens with one attached hydrogen (secondary N) is 1. The van der Waals surface area contributed by atoms with E-state index >= 15 is 0 Å². The van der Waals surface area contributed by atoms with Gasteiger partial charge in [0.2, 0.25) is 11.8 Å². The summed E-state index contributed by atoms with van der Waals surface area (Å²) in [5.41, 5.74) is 4.85. The summed E-state index contributed by atoms with van der Waals surface area (Å²) < 4.78 is 17.8. The molecule has 1 aromatic rings. The SMILES string of the molecule is CC(C)(C)OC(=O)N1CCCC[C@H]1C(=O)NC1(C(N)=O)C[C@H]1c1ccc(B2OC(C)(C)C(C)(C)O2)cc1. The number of carbonyl (C=O) groups is 3. The van der Waals surface area contributed by atoms with Gasteiger partial charge in [0.1, 0.15) is 17.2 Å². The van der Waals surface area contributed by atoms with Crippen molar-refractivity contribution in [1.29, 1.82) is 0 Å². The summed E-state index contributed by atoms with van der Waals surface area (Å²) in [4.78, 5) is 40.2. The van der Waals surface area contributed by atoms with E-state index in [2.05, 4.69) is 5.32 Å². The largest absolute Gasteiger partial charge is 0.494 e. The van der Waals surface area contributed by atoms with E-state index in [4.69, 9.17) is 19.8 Å². The molecule has 9 nitrogen and oxygen atoms in total. The Bertz CT molecular complexity index is 1050. The molecule has 0 spiro atoms. The Morgan fingerprint density at radius 3 is 2.19 bits per heavy atom. The quantitative estimate of drug-likeness (QED) is 0.585. The minimum atomic E-state index is -1.18. The summed E-state index contributed by atoms with van der Waals surface area (Å²) >= 11 is 0. The van der Waals surface area contributed by atoms with Crippen LogP contribution in [0.2, 0.25) is 0 Å². The molecule has 2 aliphatic heterocycles. The van der Waals surface area contributed by atoms with Gasteiger partial charge in [0.15, 0.2) is 0 Å². The highest BCUT2D eigenvalue weighted by molar-refractivity contribution is 6.62. The number of hydrogen-bond acceptors (Lipinski definition) is 6. The van der Waals surface area contributed by atoms with Gasteiger partial charge in [0.05, 0.1) is 11.2 Å². The number of hydrogen-bond donors (Lipinski definition) is 2. The molecule has 10 heteroatoms. The predicted molar refractivity (Wildman–Crippen MR) is 140 cm³/mol. The second-order valence-corrected chi connectivity index (χ2v) is 12.5. The molecule has 1 unspecified atom stereocenters. The Balaban J connectivity index is 1.46. The fourth-order valence-corrected chi connectivity index (χ4v) is 5.05. The molecule has 4 rings (SSSR count). The first-order valence-electron chi connectivity index (χ1n) is 13.1. The maximum atomic E-state index is 13.4. The van der Waals surface area contributed by atoms with Crippen LogP contribution in [-0.4, -0.2) is 64.9 Å². The second-order valence-electron chi connectivity index (χ2n) is 12.5. The van der Waals surface area contributed by atoms with Crippen molar-refractivity contribution in [3.8, 4) is 0 Å². The van der Waals surface area contributed by atoms with Crippen LogP contribution < -0.4 is 16.5 Å². The number of primary amides is 1. The van der Waals surface area contributed by atoms with Crippen LogP contribution in [-0.2, 0) is 23.6 Å². The van der Waals surface area contributed by atoms with E-state index in [0.717, 1.165) is 23.9 Å². The molecule has 0 aromatic heterocycles. The van der Waals surface area contributed by atoms with Gasteiger partial charge in [-0.2, -0.15) is 0 Å². The fraction of sp³-hybridized carbons (Fsp3) is 0.667. The van der Waals surface area contributed by atoms with E-state index in [-0.39, 0.29) is 11.8 Å². The third-order valence-corrected chi connectivity index (χ3v) is 8.04. The van der Waals surface area contributed by atoms with E-state index in [1.807, 2.05) is 52.0 Å². The molecular weight excluding hydrogens is 473 g/mol. The van der Waals surface area contributed by atoms with E-state index in [9.17, 15) is 14.4 Å². The number of carbonyl (C=O) groups excluding carboxylic acids is 3. The standard InChI is InChI=1S/C27H40BN3O6/c1-24(2,3)35-23(34)31-15-9-8-10-20(31)21(32)30-27(22(29)33)16-19(27)17-11-13-18(14-12-17)28-36-25(4,5)26(6,7)37-28/h11-14,19-20H,8-10,15-16H2,1-7H3,(H2,29,33)(H,30,32)/t19-,20-,27?/m0/s1. The fourth-order valence-electron chi connectivity index (χ4n) is 5.05. The van der Waals surface area contributed by atoms with Gasteiger partial charge in [-0.15, -0.1) is 0 Å². The molecule has 0 radical (unpaired) electrons. The summed E-state index contributed by atoms with van der Waals surface area (Å²) in [5, 5.41) is 2.91. The maximum absolute atomic E-state index is 13.4. The molecule has 1 saturated carbocycles. The lowest BCUT2D eigenvalue weighted by molar-refractivity contribution is -0.132. The van der Waals surface area contributed by atoms with Gasteiger partial charge in [0, 0.05) is 12.5 Å². The van der Waals surface area contributed by atoms with E-state index in [1.165, 1.54) is 4.90 Å². The minimum absolute atomic E-state index is 0.250. The lowest BCUT2D eigenvalue weighted by atomic mass is 9.78. The van der Waals surface area contributed by atoms with Crippen LogP contribution >= 0.6 is 0 Å². The number of benzene rings is 1. The molecule has 3 N–H and O–H groups in total. The van der Waals surface area contributed by atoms with Gasteiger partial charge in [0.25, 0.3) is 0 Å². The van der Waals surface area contributed by atoms with Crippen molar-refractivity contribution >= 4 is 30.5 Å². The van der Waals surface area contributed by atoms with Crippen LogP contribution in [0.3, 0.4) is 0 Å².